The molecular formula is C18H14ClN5O. The summed E-state index contributed by atoms with van der Waals surface area (Å²) in [5, 5.41) is 13.2. The molecule has 4 rings (SSSR count). The Balaban J connectivity index is 1.51. The summed E-state index contributed by atoms with van der Waals surface area (Å²) in [6.45, 7) is 2.35. The van der Waals surface area contributed by atoms with E-state index in [1.165, 1.54) is 10.4 Å². The summed E-state index contributed by atoms with van der Waals surface area (Å²) in [6, 6.07) is 15.4. The van der Waals surface area contributed by atoms with Crippen LogP contribution in [0.3, 0.4) is 0 Å². The average molecular weight is 352 g/mol. The van der Waals surface area contributed by atoms with Gasteiger partial charge in [0.2, 0.25) is 11.7 Å². The van der Waals surface area contributed by atoms with Gasteiger partial charge >= 0.3 is 0 Å². The Kier molecular flexibility index (Phi) is 4.03. The van der Waals surface area contributed by atoms with E-state index in [2.05, 4.69) is 20.4 Å². The molecule has 124 valence electrons. The number of halogens is 1. The van der Waals surface area contributed by atoms with E-state index in [9.17, 15) is 0 Å². The first-order chi connectivity index (χ1) is 12.2. The molecule has 4 aromatic rings. The fourth-order valence-corrected chi connectivity index (χ4v) is 2.51. The molecule has 0 spiro atoms. The van der Waals surface area contributed by atoms with E-state index in [1.807, 2.05) is 55.5 Å². The molecule has 2 aromatic heterocycles. The van der Waals surface area contributed by atoms with E-state index >= 15 is 0 Å². The fourth-order valence-electron chi connectivity index (χ4n) is 2.38. The SMILES string of the molecule is Cc1ccc(-c2nnn(Cc3ncc(-c4ccc(Cl)cc4)o3)n2)cc1. The summed E-state index contributed by atoms with van der Waals surface area (Å²) in [5.74, 6) is 1.76. The van der Waals surface area contributed by atoms with Gasteiger partial charge in [0.25, 0.3) is 0 Å². The van der Waals surface area contributed by atoms with Crippen molar-refractivity contribution in [3.05, 3.63) is 71.2 Å². The van der Waals surface area contributed by atoms with Crippen LogP contribution in [0.15, 0.2) is 59.1 Å². The Hall–Kier alpha value is -2.99. The van der Waals surface area contributed by atoms with Crippen LogP contribution in [0.5, 0.6) is 0 Å². The third kappa shape index (κ3) is 3.44. The number of oxazole rings is 1. The van der Waals surface area contributed by atoms with Gasteiger partial charge in [0.05, 0.1) is 6.20 Å². The number of rotatable bonds is 4. The smallest absolute Gasteiger partial charge is 0.218 e. The number of aryl methyl sites for hydroxylation is 1. The fraction of sp³-hybridized carbons (Fsp3) is 0.111. The molecule has 0 fully saturated rings. The van der Waals surface area contributed by atoms with Crippen LogP contribution >= 0.6 is 11.6 Å². The molecule has 0 saturated heterocycles. The van der Waals surface area contributed by atoms with Gasteiger partial charge in [0.1, 0.15) is 6.54 Å². The van der Waals surface area contributed by atoms with Crippen LogP contribution in [0.1, 0.15) is 11.5 Å². The molecule has 6 nitrogen and oxygen atoms in total. The first-order valence-electron chi connectivity index (χ1n) is 7.73. The van der Waals surface area contributed by atoms with Crippen molar-refractivity contribution in [2.75, 3.05) is 0 Å². The van der Waals surface area contributed by atoms with Gasteiger partial charge in [-0.2, -0.15) is 4.80 Å². The van der Waals surface area contributed by atoms with Crippen molar-refractivity contribution in [3.8, 4) is 22.7 Å². The molecule has 0 aliphatic heterocycles. The lowest BCUT2D eigenvalue weighted by molar-refractivity contribution is 0.447. The first kappa shape index (κ1) is 15.5. The predicted molar refractivity (Wildman–Crippen MR) is 94.0 cm³/mol. The van der Waals surface area contributed by atoms with Crippen LogP contribution < -0.4 is 0 Å². The maximum atomic E-state index is 5.90. The van der Waals surface area contributed by atoms with Gasteiger partial charge in [-0.15, -0.1) is 10.2 Å². The zero-order valence-electron chi connectivity index (χ0n) is 13.4. The lowest BCUT2D eigenvalue weighted by atomic mass is 10.1. The normalized spacial score (nSPS) is 11.0. The van der Waals surface area contributed by atoms with Gasteiger partial charge in [0, 0.05) is 16.1 Å². The van der Waals surface area contributed by atoms with Gasteiger partial charge in [0.15, 0.2) is 5.76 Å². The van der Waals surface area contributed by atoms with E-state index in [4.69, 9.17) is 16.0 Å². The van der Waals surface area contributed by atoms with Gasteiger partial charge in [-0.25, -0.2) is 4.98 Å². The van der Waals surface area contributed by atoms with Crippen molar-refractivity contribution in [1.29, 1.82) is 0 Å². The maximum Gasteiger partial charge on any atom is 0.218 e. The molecule has 0 aliphatic carbocycles. The van der Waals surface area contributed by atoms with Gasteiger partial charge in [-0.05, 0) is 36.4 Å². The topological polar surface area (TPSA) is 69.6 Å². The molecule has 0 amide bonds. The van der Waals surface area contributed by atoms with Crippen LogP contribution in [0.25, 0.3) is 22.7 Å². The third-order valence-electron chi connectivity index (χ3n) is 3.72. The van der Waals surface area contributed by atoms with E-state index in [0.717, 1.165) is 11.1 Å². The highest BCUT2D eigenvalue weighted by Gasteiger charge is 2.10. The minimum Gasteiger partial charge on any atom is -0.439 e. The molecule has 0 bridgehead atoms. The summed E-state index contributed by atoms with van der Waals surface area (Å²) < 4.78 is 5.76. The highest BCUT2D eigenvalue weighted by atomic mass is 35.5. The minimum atomic E-state index is 0.312. The lowest BCUT2D eigenvalue weighted by Gasteiger charge is -1.97. The molecule has 2 heterocycles. The quantitative estimate of drug-likeness (QED) is 0.555. The summed E-state index contributed by atoms with van der Waals surface area (Å²) in [6.07, 6.45) is 1.68. The van der Waals surface area contributed by atoms with Gasteiger partial charge < -0.3 is 4.42 Å². The average Bonchev–Trinajstić information content (AvgIpc) is 3.27. The van der Waals surface area contributed by atoms with E-state index in [-0.39, 0.29) is 0 Å². The highest BCUT2D eigenvalue weighted by molar-refractivity contribution is 6.30. The molecule has 0 radical (unpaired) electrons. The molecule has 0 saturated carbocycles. The number of tetrazole rings is 1. The van der Waals surface area contributed by atoms with Crippen LogP contribution in [0.4, 0.5) is 0 Å². The third-order valence-corrected chi connectivity index (χ3v) is 3.97. The summed E-state index contributed by atoms with van der Waals surface area (Å²) >= 11 is 5.90. The van der Waals surface area contributed by atoms with E-state index in [1.54, 1.807) is 6.20 Å². The van der Waals surface area contributed by atoms with Gasteiger partial charge in [-0.3, -0.25) is 0 Å². The number of nitrogens with zero attached hydrogens (tertiary/aromatic N) is 5. The second-order valence-electron chi connectivity index (χ2n) is 5.63. The molecule has 0 aliphatic rings. The number of aromatic nitrogens is 5. The largest absolute Gasteiger partial charge is 0.439 e. The van der Waals surface area contributed by atoms with Crippen LogP contribution in [-0.2, 0) is 6.54 Å². The Morgan fingerprint density at radius 1 is 1.00 bits per heavy atom. The van der Waals surface area contributed by atoms with Gasteiger partial charge in [-0.1, -0.05) is 41.4 Å². The molecule has 25 heavy (non-hydrogen) atoms. The van der Waals surface area contributed by atoms with Crippen molar-refractivity contribution < 1.29 is 4.42 Å². The van der Waals surface area contributed by atoms with Crippen molar-refractivity contribution in [3.63, 3.8) is 0 Å². The van der Waals surface area contributed by atoms with E-state index in [0.29, 0.717) is 29.0 Å². The molecule has 0 atom stereocenters. The molecule has 7 heteroatoms. The molecule has 0 unspecified atom stereocenters. The Morgan fingerprint density at radius 3 is 2.48 bits per heavy atom. The number of hydrogen-bond acceptors (Lipinski definition) is 5. The first-order valence-corrected chi connectivity index (χ1v) is 8.11. The summed E-state index contributed by atoms with van der Waals surface area (Å²) in [7, 11) is 0. The Morgan fingerprint density at radius 2 is 1.72 bits per heavy atom. The van der Waals surface area contributed by atoms with Crippen LogP contribution in [0.2, 0.25) is 5.02 Å². The monoisotopic (exact) mass is 351 g/mol. The second-order valence-corrected chi connectivity index (χ2v) is 6.07. The Labute approximate surface area is 149 Å². The zero-order chi connectivity index (χ0) is 17.2. The molecular weight excluding hydrogens is 338 g/mol. The van der Waals surface area contributed by atoms with Crippen LogP contribution in [-0.4, -0.2) is 25.2 Å². The minimum absolute atomic E-state index is 0.312. The Bertz CT molecular complexity index is 907. The molecule has 2 aromatic carbocycles. The highest BCUT2D eigenvalue weighted by Crippen LogP contribution is 2.22. The predicted octanol–water partition coefficient (Wildman–Crippen LogP) is 4.01. The maximum absolute atomic E-state index is 5.90. The number of hydrogen-bond donors (Lipinski definition) is 0. The van der Waals surface area contributed by atoms with Crippen LogP contribution in [0, 0.1) is 6.92 Å². The zero-order valence-corrected chi connectivity index (χ0v) is 14.2. The second kappa shape index (κ2) is 6.49. The van der Waals surface area contributed by atoms with Crippen molar-refractivity contribution in [2.24, 2.45) is 0 Å². The summed E-state index contributed by atoms with van der Waals surface area (Å²) in [5.41, 5.74) is 3.02. The molecule has 0 N–H and O–H groups in total. The van der Waals surface area contributed by atoms with Crippen molar-refractivity contribution >= 4 is 11.6 Å². The van der Waals surface area contributed by atoms with Crippen molar-refractivity contribution in [1.82, 2.24) is 25.2 Å². The number of benzene rings is 2. The lowest BCUT2D eigenvalue weighted by Crippen LogP contribution is -2.04. The standard InChI is InChI=1S/C18H14ClN5O/c1-12-2-4-14(5-3-12)18-21-23-24(22-18)11-17-20-10-16(25-17)13-6-8-15(19)9-7-13/h2-10H,11H2,1H3. The van der Waals surface area contributed by atoms with E-state index < -0.39 is 0 Å². The van der Waals surface area contributed by atoms with Crippen molar-refractivity contribution in [2.45, 2.75) is 13.5 Å². The summed E-state index contributed by atoms with van der Waals surface area (Å²) in [4.78, 5) is 5.74.